The summed E-state index contributed by atoms with van der Waals surface area (Å²) in [5.74, 6) is 0.708. The molecular weight excluding hydrogens is 402 g/mol. The number of ether oxygens (including phenoxy) is 2. The van der Waals surface area contributed by atoms with Gasteiger partial charge in [-0.2, -0.15) is 4.98 Å². The van der Waals surface area contributed by atoms with Gasteiger partial charge >= 0.3 is 6.01 Å². The number of rotatable bonds is 8. The van der Waals surface area contributed by atoms with Gasteiger partial charge < -0.3 is 14.6 Å². The fourth-order valence-electron chi connectivity index (χ4n) is 5.41. The zero-order valence-corrected chi connectivity index (χ0v) is 19.5. The first-order chi connectivity index (χ1) is 15.5. The topological polar surface area (TPSA) is 67.7 Å². The van der Waals surface area contributed by atoms with E-state index in [-0.39, 0.29) is 11.8 Å². The summed E-state index contributed by atoms with van der Waals surface area (Å²) in [5, 5.41) is 12.1. The Morgan fingerprint density at radius 3 is 2.47 bits per heavy atom. The van der Waals surface area contributed by atoms with Crippen LogP contribution in [-0.4, -0.2) is 52.8 Å². The van der Waals surface area contributed by atoms with E-state index in [2.05, 4.69) is 52.1 Å². The lowest BCUT2D eigenvalue weighted by atomic mass is 9.63. The van der Waals surface area contributed by atoms with Gasteiger partial charge in [0.15, 0.2) is 0 Å². The van der Waals surface area contributed by atoms with Gasteiger partial charge in [0, 0.05) is 37.7 Å². The normalized spacial score (nSPS) is 26.1. The van der Waals surface area contributed by atoms with Gasteiger partial charge in [-0.05, 0) is 39.2 Å². The van der Waals surface area contributed by atoms with Crippen molar-refractivity contribution in [3.8, 4) is 11.9 Å². The molecule has 2 fully saturated rings. The van der Waals surface area contributed by atoms with Crippen molar-refractivity contribution in [1.82, 2.24) is 14.9 Å². The van der Waals surface area contributed by atoms with Crippen LogP contribution in [0.2, 0.25) is 0 Å². The number of benzene rings is 1. The van der Waals surface area contributed by atoms with Crippen molar-refractivity contribution in [3.63, 3.8) is 0 Å². The summed E-state index contributed by atoms with van der Waals surface area (Å²) in [5.41, 5.74) is 2.31. The molecule has 2 atom stereocenters. The third-order valence-electron chi connectivity index (χ3n) is 6.71. The highest BCUT2D eigenvalue weighted by Crippen LogP contribution is 2.51. The van der Waals surface area contributed by atoms with Gasteiger partial charge in [0.05, 0.1) is 18.8 Å². The van der Waals surface area contributed by atoms with E-state index in [0.717, 1.165) is 38.9 Å². The van der Waals surface area contributed by atoms with Crippen LogP contribution in [0.3, 0.4) is 0 Å². The average Bonchev–Trinajstić information content (AvgIpc) is 2.76. The first-order valence-electron chi connectivity index (χ1n) is 11.8. The first-order valence-corrected chi connectivity index (χ1v) is 11.8. The van der Waals surface area contributed by atoms with Crippen molar-refractivity contribution in [3.05, 3.63) is 53.2 Å². The van der Waals surface area contributed by atoms with Gasteiger partial charge in [0.25, 0.3) is 0 Å². The summed E-state index contributed by atoms with van der Waals surface area (Å²) >= 11 is 0. The van der Waals surface area contributed by atoms with E-state index in [4.69, 9.17) is 9.47 Å². The number of nitrogens with zero attached hydrogens (tertiary/aromatic N) is 3. The third-order valence-corrected chi connectivity index (χ3v) is 6.71. The third kappa shape index (κ3) is 4.66. The summed E-state index contributed by atoms with van der Waals surface area (Å²) in [4.78, 5) is 11.3. The smallest absolute Gasteiger partial charge is 0.319 e. The van der Waals surface area contributed by atoms with Crippen molar-refractivity contribution in [2.24, 2.45) is 11.8 Å². The Bertz CT molecular complexity index is 917. The second-order valence-electron chi connectivity index (χ2n) is 8.98. The van der Waals surface area contributed by atoms with Gasteiger partial charge in [-0.15, -0.1) is 0 Å². The van der Waals surface area contributed by atoms with E-state index in [1.165, 1.54) is 11.1 Å². The van der Waals surface area contributed by atoms with Gasteiger partial charge in [-0.1, -0.05) is 48.4 Å². The van der Waals surface area contributed by atoms with Crippen LogP contribution in [-0.2, 0) is 5.60 Å². The second-order valence-corrected chi connectivity index (χ2v) is 8.98. The number of hydrogen-bond donors (Lipinski definition) is 1. The monoisotopic (exact) mass is 437 g/mol. The zero-order chi connectivity index (χ0) is 22.6. The summed E-state index contributed by atoms with van der Waals surface area (Å²) in [7, 11) is 0. The van der Waals surface area contributed by atoms with Crippen LogP contribution in [0.25, 0.3) is 6.08 Å². The highest BCUT2D eigenvalue weighted by molar-refractivity contribution is 5.52. The molecule has 0 spiro atoms. The minimum absolute atomic E-state index is 0.125. The molecule has 6 nitrogen and oxygen atoms in total. The standard InChI is InChI=1S/C26H35N3O3/c1-4-31-24-23(15-27-25(28-24)32-5-2)26(30)21-12-9-13-22(26)18-29(17-21)16-19(3)14-20-10-7-6-8-11-20/h6-8,10-11,14-15,21-22,30H,4-5,9,12-13,16-18H2,1-3H3/b19-14+. The van der Waals surface area contributed by atoms with E-state index in [1.54, 1.807) is 6.20 Å². The Kier molecular flexibility index (Phi) is 7.11. The number of aromatic nitrogens is 2. The van der Waals surface area contributed by atoms with Crippen molar-refractivity contribution in [2.45, 2.75) is 45.6 Å². The van der Waals surface area contributed by atoms with Gasteiger partial charge in [-0.3, -0.25) is 4.90 Å². The van der Waals surface area contributed by atoms with E-state index < -0.39 is 5.60 Å². The number of hydrogen-bond acceptors (Lipinski definition) is 6. The zero-order valence-electron chi connectivity index (χ0n) is 19.5. The number of piperidine rings is 1. The van der Waals surface area contributed by atoms with Crippen molar-refractivity contribution in [1.29, 1.82) is 0 Å². The maximum Gasteiger partial charge on any atom is 0.319 e. The van der Waals surface area contributed by atoms with Crippen LogP contribution in [0.5, 0.6) is 11.9 Å². The fourth-order valence-corrected chi connectivity index (χ4v) is 5.41. The van der Waals surface area contributed by atoms with Gasteiger partial charge in [-0.25, -0.2) is 4.98 Å². The minimum Gasteiger partial charge on any atom is -0.478 e. The fraction of sp³-hybridized carbons (Fsp3) is 0.538. The highest BCUT2D eigenvalue weighted by Gasteiger charge is 2.53. The quantitative estimate of drug-likeness (QED) is 0.664. The molecule has 1 N–H and O–H groups in total. The predicted molar refractivity (Wildman–Crippen MR) is 126 cm³/mol. The molecule has 1 aliphatic heterocycles. The van der Waals surface area contributed by atoms with Gasteiger partial charge in [0.2, 0.25) is 5.88 Å². The van der Waals surface area contributed by atoms with E-state index in [0.29, 0.717) is 30.7 Å². The Labute approximate surface area is 191 Å². The molecule has 0 radical (unpaired) electrons. The minimum atomic E-state index is -0.971. The Balaban J connectivity index is 1.56. The molecule has 2 aromatic rings. The molecule has 0 amide bonds. The number of aliphatic hydroxyl groups is 1. The lowest BCUT2D eigenvalue weighted by Gasteiger charge is -2.53. The maximum atomic E-state index is 12.1. The molecule has 2 aliphatic rings. The molecule has 1 saturated heterocycles. The van der Waals surface area contributed by atoms with Crippen LogP contribution < -0.4 is 9.47 Å². The predicted octanol–water partition coefficient (Wildman–Crippen LogP) is 4.30. The van der Waals surface area contributed by atoms with Crippen molar-refractivity contribution in [2.75, 3.05) is 32.8 Å². The van der Waals surface area contributed by atoms with Crippen LogP contribution in [0.15, 0.2) is 42.1 Å². The molecule has 4 rings (SSSR count). The van der Waals surface area contributed by atoms with E-state index in [1.807, 2.05) is 19.9 Å². The molecule has 2 unspecified atom stereocenters. The van der Waals surface area contributed by atoms with Crippen molar-refractivity contribution >= 4 is 6.08 Å². The Morgan fingerprint density at radius 2 is 1.81 bits per heavy atom. The SMILES string of the molecule is CCOc1ncc(C2(O)C3CCCC2CN(C/C(C)=C/c2ccccc2)C3)c(OCC)n1. The molecule has 1 aromatic heterocycles. The molecule has 2 bridgehead atoms. The molecule has 32 heavy (non-hydrogen) atoms. The number of likely N-dealkylation sites (tertiary alicyclic amines) is 1. The van der Waals surface area contributed by atoms with E-state index >= 15 is 0 Å². The van der Waals surface area contributed by atoms with Crippen molar-refractivity contribution < 1.29 is 14.6 Å². The van der Waals surface area contributed by atoms with E-state index in [9.17, 15) is 5.11 Å². The molecule has 2 heterocycles. The summed E-state index contributed by atoms with van der Waals surface area (Å²) in [6, 6.07) is 10.7. The maximum absolute atomic E-state index is 12.1. The summed E-state index contributed by atoms with van der Waals surface area (Å²) in [6.45, 7) is 9.62. The molecule has 172 valence electrons. The average molecular weight is 438 g/mol. The second kappa shape index (κ2) is 10.0. The van der Waals surface area contributed by atoms with Crippen LogP contribution >= 0.6 is 0 Å². The Hall–Kier alpha value is -2.44. The van der Waals surface area contributed by atoms with Crippen LogP contribution in [0.1, 0.15) is 51.2 Å². The number of fused-ring (bicyclic) bond motifs is 2. The molecular formula is C26H35N3O3. The summed E-state index contributed by atoms with van der Waals surface area (Å²) in [6.07, 6.45) is 7.11. The van der Waals surface area contributed by atoms with Crippen LogP contribution in [0, 0.1) is 11.8 Å². The first kappa shape index (κ1) is 22.7. The van der Waals surface area contributed by atoms with Gasteiger partial charge in [0.1, 0.15) is 5.60 Å². The molecule has 1 aliphatic carbocycles. The largest absolute Gasteiger partial charge is 0.478 e. The molecule has 1 aromatic carbocycles. The Morgan fingerprint density at radius 1 is 1.12 bits per heavy atom. The van der Waals surface area contributed by atoms with Crippen LogP contribution in [0.4, 0.5) is 0 Å². The molecule has 1 saturated carbocycles. The highest BCUT2D eigenvalue weighted by atomic mass is 16.5. The lowest BCUT2D eigenvalue weighted by Crippen LogP contribution is -2.58. The molecule has 6 heteroatoms. The lowest BCUT2D eigenvalue weighted by molar-refractivity contribution is -0.147. The summed E-state index contributed by atoms with van der Waals surface area (Å²) < 4.78 is 11.3.